The van der Waals surface area contributed by atoms with Gasteiger partial charge >= 0.3 is 6.09 Å². The molecule has 0 heterocycles. The summed E-state index contributed by atoms with van der Waals surface area (Å²) in [5, 5.41) is 0. The maximum Gasteiger partial charge on any atom is 0.410 e. The normalized spacial score (nSPS) is 9.60. The predicted molar refractivity (Wildman–Crippen MR) is 62.9 cm³/mol. The first-order valence-corrected chi connectivity index (χ1v) is 5.66. The van der Waals surface area contributed by atoms with E-state index in [9.17, 15) is 4.79 Å². The van der Waals surface area contributed by atoms with E-state index >= 15 is 0 Å². The maximum atomic E-state index is 11.5. The Balaban J connectivity index is 4.16. The van der Waals surface area contributed by atoms with Crippen LogP contribution < -0.4 is 0 Å². The average molecular weight is 213 g/mol. The smallest absolute Gasteiger partial charge is 0.410 e. The highest BCUT2D eigenvalue weighted by Crippen LogP contribution is 2.01. The minimum atomic E-state index is -0.205. The Morgan fingerprint density at radius 3 is 2.47 bits per heavy atom. The van der Waals surface area contributed by atoms with Gasteiger partial charge in [-0.1, -0.05) is 25.0 Å². The summed E-state index contributed by atoms with van der Waals surface area (Å²) in [6, 6.07) is 0. The number of unbranched alkanes of at least 4 members (excludes halogenated alkanes) is 1. The molecule has 0 N–H and O–H groups in total. The largest absolute Gasteiger partial charge is 0.450 e. The SMILES string of the molecule is CCCCN(CC=C(C)C)C(=O)OCC. The van der Waals surface area contributed by atoms with Gasteiger partial charge in [0.25, 0.3) is 0 Å². The van der Waals surface area contributed by atoms with Crippen molar-refractivity contribution in [2.45, 2.75) is 40.5 Å². The molecule has 0 atom stereocenters. The van der Waals surface area contributed by atoms with Crippen molar-refractivity contribution in [2.24, 2.45) is 0 Å². The molecule has 0 radical (unpaired) electrons. The van der Waals surface area contributed by atoms with E-state index < -0.39 is 0 Å². The summed E-state index contributed by atoms with van der Waals surface area (Å²) in [5.41, 5.74) is 1.22. The summed E-state index contributed by atoms with van der Waals surface area (Å²) in [6.45, 7) is 9.88. The molecule has 1 amide bonds. The number of ether oxygens (including phenoxy) is 1. The van der Waals surface area contributed by atoms with Gasteiger partial charge in [-0.2, -0.15) is 0 Å². The molecule has 0 unspecified atom stereocenters. The highest BCUT2D eigenvalue weighted by molar-refractivity contribution is 5.67. The molecule has 0 rings (SSSR count). The fraction of sp³-hybridized carbons (Fsp3) is 0.750. The third kappa shape index (κ3) is 7.00. The molecule has 88 valence electrons. The van der Waals surface area contributed by atoms with Crippen molar-refractivity contribution in [3.63, 3.8) is 0 Å². The lowest BCUT2D eigenvalue weighted by molar-refractivity contribution is 0.111. The van der Waals surface area contributed by atoms with E-state index in [4.69, 9.17) is 4.74 Å². The standard InChI is InChI=1S/C12H23NO2/c1-5-7-9-13(10-8-11(3)4)12(14)15-6-2/h8H,5-7,9-10H2,1-4H3. The third-order valence-corrected chi connectivity index (χ3v) is 2.03. The number of carbonyl (C=O) groups excluding carboxylic acids is 1. The highest BCUT2D eigenvalue weighted by atomic mass is 16.6. The van der Waals surface area contributed by atoms with Crippen molar-refractivity contribution in [3.8, 4) is 0 Å². The van der Waals surface area contributed by atoms with Gasteiger partial charge in [-0.25, -0.2) is 4.79 Å². The van der Waals surface area contributed by atoms with Gasteiger partial charge < -0.3 is 9.64 Å². The Morgan fingerprint density at radius 2 is 2.00 bits per heavy atom. The van der Waals surface area contributed by atoms with Gasteiger partial charge in [-0.3, -0.25) is 0 Å². The lowest BCUT2D eigenvalue weighted by Crippen LogP contribution is -2.32. The van der Waals surface area contributed by atoms with Crippen molar-refractivity contribution >= 4 is 6.09 Å². The first-order chi connectivity index (χ1) is 7.11. The quantitative estimate of drug-likeness (QED) is 0.634. The van der Waals surface area contributed by atoms with E-state index in [1.165, 1.54) is 5.57 Å². The van der Waals surface area contributed by atoms with Crippen LogP contribution in [0.5, 0.6) is 0 Å². The van der Waals surface area contributed by atoms with Crippen molar-refractivity contribution in [2.75, 3.05) is 19.7 Å². The second kappa shape index (κ2) is 8.33. The zero-order chi connectivity index (χ0) is 11.7. The highest BCUT2D eigenvalue weighted by Gasteiger charge is 2.11. The van der Waals surface area contributed by atoms with Crippen LogP contribution in [0, 0.1) is 0 Å². The predicted octanol–water partition coefficient (Wildman–Crippen LogP) is 3.21. The second-order valence-electron chi connectivity index (χ2n) is 3.78. The van der Waals surface area contributed by atoms with Crippen LogP contribution in [-0.4, -0.2) is 30.7 Å². The van der Waals surface area contributed by atoms with Gasteiger partial charge in [-0.15, -0.1) is 0 Å². The van der Waals surface area contributed by atoms with E-state index in [0.29, 0.717) is 13.2 Å². The fourth-order valence-electron chi connectivity index (χ4n) is 1.11. The van der Waals surface area contributed by atoms with Crippen LogP contribution >= 0.6 is 0 Å². The molecule has 0 aromatic heterocycles. The van der Waals surface area contributed by atoms with Crippen LogP contribution in [0.15, 0.2) is 11.6 Å². The monoisotopic (exact) mass is 213 g/mol. The average Bonchev–Trinajstić information content (AvgIpc) is 2.17. The first kappa shape index (κ1) is 14.0. The number of carbonyl (C=O) groups is 1. The molecule has 0 saturated carbocycles. The number of amides is 1. The number of hydrogen-bond donors (Lipinski definition) is 0. The summed E-state index contributed by atoms with van der Waals surface area (Å²) in [5.74, 6) is 0. The number of allylic oxidation sites excluding steroid dienone is 1. The van der Waals surface area contributed by atoms with Crippen LogP contribution in [0.2, 0.25) is 0 Å². The van der Waals surface area contributed by atoms with Crippen molar-refractivity contribution in [3.05, 3.63) is 11.6 Å². The van der Waals surface area contributed by atoms with Gasteiger partial charge in [0.1, 0.15) is 0 Å². The molecule has 0 bridgehead atoms. The summed E-state index contributed by atoms with van der Waals surface area (Å²) in [7, 11) is 0. The van der Waals surface area contributed by atoms with Gasteiger partial charge in [0, 0.05) is 13.1 Å². The second-order valence-corrected chi connectivity index (χ2v) is 3.78. The Hall–Kier alpha value is -0.990. The Labute approximate surface area is 93.1 Å². The Morgan fingerprint density at radius 1 is 1.33 bits per heavy atom. The molecule has 0 saturated heterocycles. The van der Waals surface area contributed by atoms with Crippen LogP contribution in [0.1, 0.15) is 40.5 Å². The minimum Gasteiger partial charge on any atom is -0.450 e. The molecule has 3 nitrogen and oxygen atoms in total. The van der Waals surface area contributed by atoms with Crippen molar-refractivity contribution in [1.82, 2.24) is 4.90 Å². The summed E-state index contributed by atoms with van der Waals surface area (Å²) in [6.07, 6.45) is 3.95. The number of nitrogens with zero attached hydrogens (tertiary/aromatic N) is 1. The van der Waals surface area contributed by atoms with E-state index in [-0.39, 0.29) is 6.09 Å². The van der Waals surface area contributed by atoms with Gasteiger partial charge in [0.05, 0.1) is 6.61 Å². The zero-order valence-corrected chi connectivity index (χ0v) is 10.4. The molecule has 0 aromatic rings. The molecule has 0 spiro atoms. The van der Waals surface area contributed by atoms with E-state index in [2.05, 4.69) is 6.92 Å². The Kier molecular flexibility index (Phi) is 7.78. The summed E-state index contributed by atoms with van der Waals surface area (Å²) >= 11 is 0. The maximum absolute atomic E-state index is 11.5. The van der Waals surface area contributed by atoms with Crippen LogP contribution in [0.4, 0.5) is 4.79 Å². The minimum absolute atomic E-state index is 0.205. The molecular formula is C12H23NO2. The van der Waals surface area contributed by atoms with Crippen LogP contribution in [-0.2, 0) is 4.74 Å². The van der Waals surface area contributed by atoms with Gasteiger partial charge in [0.2, 0.25) is 0 Å². The molecule has 0 aliphatic rings. The van der Waals surface area contributed by atoms with Crippen molar-refractivity contribution < 1.29 is 9.53 Å². The molecule has 0 aliphatic heterocycles. The van der Waals surface area contributed by atoms with E-state index in [1.807, 2.05) is 26.8 Å². The molecular weight excluding hydrogens is 190 g/mol. The van der Waals surface area contributed by atoms with Gasteiger partial charge in [-0.05, 0) is 27.2 Å². The molecule has 0 aromatic carbocycles. The Bertz CT molecular complexity index is 208. The van der Waals surface area contributed by atoms with Crippen molar-refractivity contribution in [1.29, 1.82) is 0 Å². The number of hydrogen-bond acceptors (Lipinski definition) is 2. The van der Waals surface area contributed by atoms with E-state index in [1.54, 1.807) is 4.90 Å². The summed E-state index contributed by atoms with van der Waals surface area (Å²) < 4.78 is 4.99. The molecule has 3 heteroatoms. The molecule has 0 fully saturated rings. The number of rotatable bonds is 6. The van der Waals surface area contributed by atoms with Crippen LogP contribution in [0.25, 0.3) is 0 Å². The topological polar surface area (TPSA) is 29.5 Å². The lowest BCUT2D eigenvalue weighted by atomic mass is 10.3. The lowest BCUT2D eigenvalue weighted by Gasteiger charge is -2.20. The zero-order valence-electron chi connectivity index (χ0n) is 10.4. The summed E-state index contributed by atoms with van der Waals surface area (Å²) in [4.78, 5) is 13.3. The molecule has 0 aliphatic carbocycles. The van der Waals surface area contributed by atoms with Gasteiger partial charge in [0.15, 0.2) is 0 Å². The van der Waals surface area contributed by atoms with E-state index in [0.717, 1.165) is 19.4 Å². The first-order valence-electron chi connectivity index (χ1n) is 5.66. The fourth-order valence-corrected chi connectivity index (χ4v) is 1.11. The molecule has 15 heavy (non-hydrogen) atoms. The van der Waals surface area contributed by atoms with Crippen LogP contribution in [0.3, 0.4) is 0 Å². The third-order valence-electron chi connectivity index (χ3n) is 2.03.